The number of carboxylic acids is 1. The number of nitrogens with zero attached hydrogens (tertiary/aromatic N) is 1. The van der Waals surface area contributed by atoms with Crippen molar-refractivity contribution in [2.45, 2.75) is 89.6 Å². The van der Waals surface area contributed by atoms with Crippen molar-refractivity contribution in [3.63, 3.8) is 0 Å². The molecule has 2 aliphatic heterocycles. The van der Waals surface area contributed by atoms with E-state index in [-0.39, 0.29) is 19.1 Å². The molecule has 0 saturated carbocycles. The van der Waals surface area contributed by atoms with Crippen LogP contribution in [-0.4, -0.2) is 75.4 Å². The summed E-state index contributed by atoms with van der Waals surface area (Å²) >= 11 is 0. The first-order valence-corrected chi connectivity index (χ1v) is 10.4. The third-order valence-electron chi connectivity index (χ3n) is 5.60. The Kier molecular flexibility index (Phi) is 7.68. The Hall–Kier alpha value is -2.36. The smallest absolute Gasteiger partial charge is 0.408 e. The van der Waals surface area contributed by atoms with Crippen LogP contribution in [0, 0.1) is 5.92 Å². The van der Waals surface area contributed by atoms with Gasteiger partial charge in [0.15, 0.2) is 0 Å². The van der Waals surface area contributed by atoms with Crippen LogP contribution in [0.1, 0.15) is 59.8 Å². The summed E-state index contributed by atoms with van der Waals surface area (Å²) in [5.41, 5.74) is -0.727. The quantitative estimate of drug-likeness (QED) is 0.486. The first kappa shape index (κ1) is 23.9. The zero-order valence-corrected chi connectivity index (χ0v) is 18.0. The molecule has 170 valence electrons. The number of nitrogens with one attached hydrogen (secondary N) is 2. The minimum atomic E-state index is -1.07. The summed E-state index contributed by atoms with van der Waals surface area (Å²) in [5.74, 6) is -2.68. The van der Waals surface area contributed by atoms with Gasteiger partial charge in [0.2, 0.25) is 11.8 Å². The molecule has 0 aliphatic carbocycles. The van der Waals surface area contributed by atoms with E-state index >= 15 is 0 Å². The van der Waals surface area contributed by atoms with Gasteiger partial charge in [0.25, 0.3) is 0 Å². The van der Waals surface area contributed by atoms with Crippen molar-refractivity contribution < 1.29 is 34.1 Å². The molecule has 0 aromatic carbocycles. The number of aliphatic carboxylic acids is 1. The third kappa shape index (κ3) is 5.62. The number of carboxylic acid groups (broad SMARTS) is 1. The van der Waals surface area contributed by atoms with Gasteiger partial charge in [-0.3, -0.25) is 9.59 Å². The molecule has 0 spiro atoms. The zero-order valence-electron chi connectivity index (χ0n) is 18.0. The lowest BCUT2D eigenvalue weighted by molar-refractivity contribution is -0.151. The molecular formula is C20H33N3O7. The Morgan fingerprint density at radius 1 is 1.20 bits per heavy atom. The highest BCUT2D eigenvalue weighted by Gasteiger charge is 2.47. The van der Waals surface area contributed by atoms with Crippen LogP contribution >= 0.6 is 0 Å². The van der Waals surface area contributed by atoms with E-state index in [2.05, 4.69) is 10.6 Å². The average molecular weight is 427 g/mol. The highest BCUT2D eigenvalue weighted by Crippen LogP contribution is 2.33. The number of aliphatic hydroxyl groups is 1. The molecule has 0 radical (unpaired) electrons. The molecule has 0 unspecified atom stereocenters. The standard InChI is InChI=1S/C20H33N3O7/c1-5-13(21-19(29)30-20(2,3)4)16(25)22-15-11(10-24)6-7-12-8-9-14(18(27)28)23(12)17(15)26/h11-15,24H,5-10H2,1-4H3,(H,21,29)(H,22,25)(H,27,28)/t11-,12+,13+,14+,15+/m1/s1. The van der Waals surface area contributed by atoms with E-state index in [0.717, 1.165) is 0 Å². The van der Waals surface area contributed by atoms with Crippen LogP contribution < -0.4 is 10.6 Å². The Morgan fingerprint density at radius 3 is 2.37 bits per heavy atom. The fraction of sp³-hybridized carbons (Fsp3) is 0.800. The van der Waals surface area contributed by atoms with Crippen LogP contribution in [0.5, 0.6) is 0 Å². The maximum absolute atomic E-state index is 13.2. The van der Waals surface area contributed by atoms with E-state index < -0.39 is 53.5 Å². The Balaban J connectivity index is 2.15. The minimum absolute atomic E-state index is 0.212. The van der Waals surface area contributed by atoms with Gasteiger partial charge in [-0.1, -0.05) is 6.92 Å². The maximum Gasteiger partial charge on any atom is 0.408 e. The monoisotopic (exact) mass is 427 g/mol. The normalized spacial score (nSPS) is 27.6. The largest absolute Gasteiger partial charge is 0.480 e. The summed E-state index contributed by atoms with van der Waals surface area (Å²) in [6.07, 6.45) is 1.52. The van der Waals surface area contributed by atoms with Crippen LogP contribution in [0.15, 0.2) is 0 Å². The van der Waals surface area contributed by atoms with Crippen LogP contribution in [0.2, 0.25) is 0 Å². The number of ether oxygens (including phenoxy) is 1. The van der Waals surface area contributed by atoms with E-state index in [9.17, 15) is 29.4 Å². The highest BCUT2D eigenvalue weighted by molar-refractivity contribution is 5.93. The second kappa shape index (κ2) is 9.63. The number of carbonyl (C=O) groups is 4. The second-order valence-electron chi connectivity index (χ2n) is 8.94. The first-order valence-electron chi connectivity index (χ1n) is 10.4. The molecule has 4 N–H and O–H groups in total. The fourth-order valence-electron chi connectivity index (χ4n) is 4.11. The van der Waals surface area contributed by atoms with Gasteiger partial charge < -0.3 is 30.5 Å². The number of alkyl carbamates (subject to hydrolysis) is 1. The van der Waals surface area contributed by atoms with Crippen molar-refractivity contribution in [2.24, 2.45) is 5.92 Å². The fourth-order valence-corrected chi connectivity index (χ4v) is 4.11. The number of rotatable bonds is 6. The van der Waals surface area contributed by atoms with E-state index in [1.54, 1.807) is 27.7 Å². The molecule has 2 aliphatic rings. The van der Waals surface area contributed by atoms with Crippen molar-refractivity contribution in [2.75, 3.05) is 6.61 Å². The molecule has 0 bridgehead atoms. The Bertz CT molecular complexity index is 676. The van der Waals surface area contributed by atoms with Gasteiger partial charge >= 0.3 is 12.1 Å². The number of aliphatic hydroxyl groups excluding tert-OH is 1. The van der Waals surface area contributed by atoms with Crippen molar-refractivity contribution in [3.8, 4) is 0 Å². The predicted octanol–water partition coefficient (Wildman–Crippen LogP) is 0.621. The van der Waals surface area contributed by atoms with Crippen LogP contribution in [0.25, 0.3) is 0 Å². The highest BCUT2D eigenvalue weighted by atomic mass is 16.6. The number of hydrogen-bond acceptors (Lipinski definition) is 6. The maximum atomic E-state index is 13.2. The predicted molar refractivity (Wildman–Crippen MR) is 106 cm³/mol. The van der Waals surface area contributed by atoms with Crippen molar-refractivity contribution in [1.82, 2.24) is 15.5 Å². The molecule has 10 heteroatoms. The molecule has 30 heavy (non-hydrogen) atoms. The molecule has 3 amide bonds. The average Bonchev–Trinajstić information content (AvgIpc) is 3.02. The Morgan fingerprint density at radius 2 is 1.83 bits per heavy atom. The van der Waals surface area contributed by atoms with Gasteiger partial charge in [-0.15, -0.1) is 0 Å². The summed E-state index contributed by atoms with van der Waals surface area (Å²) in [7, 11) is 0. The van der Waals surface area contributed by atoms with E-state index in [4.69, 9.17) is 4.74 Å². The lowest BCUT2D eigenvalue weighted by Crippen LogP contribution is -2.58. The van der Waals surface area contributed by atoms with Crippen LogP contribution in [-0.2, 0) is 19.1 Å². The molecule has 2 fully saturated rings. The number of hydrogen-bond donors (Lipinski definition) is 4. The van der Waals surface area contributed by atoms with Crippen molar-refractivity contribution >= 4 is 23.9 Å². The summed E-state index contributed by atoms with van der Waals surface area (Å²) in [4.78, 5) is 51.0. The lowest BCUT2D eigenvalue weighted by atomic mass is 9.94. The van der Waals surface area contributed by atoms with Gasteiger partial charge in [0.05, 0.1) is 0 Å². The number of amides is 3. The third-order valence-corrected chi connectivity index (χ3v) is 5.60. The number of carbonyl (C=O) groups excluding carboxylic acids is 3. The zero-order chi connectivity index (χ0) is 22.6. The van der Waals surface area contributed by atoms with Gasteiger partial charge in [-0.2, -0.15) is 0 Å². The summed E-state index contributed by atoms with van der Waals surface area (Å²) < 4.78 is 5.18. The summed E-state index contributed by atoms with van der Waals surface area (Å²) in [6, 6.07) is -3.13. The van der Waals surface area contributed by atoms with E-state index in [1.807, 2.05) is 0 Å². The molecule has 10 nitrogen and oxygen atoms in total. The van der Waals surface area contributed by atoms with E-state index in [0.29, 0.717) is 25.7 Å². The number of fused-ring (bicyclic) bond motifs is 1. The van der Waals surface area contributed by atoms with Gasteiger partial charge in [0, 0.05) is 18.6 Å². The summed E-state index contributed by atoms with van der Waals surface area (Å²) in [5, 5.41) is 24.4. The topological polar surface area (TPSA) is 145 Å². The van der Waals surface area contributed by atoms with Gasteiger partial charge in [0.1, 0.15) is 23.7 Å². The summed E-state index contributed by atoms with van der Waals surface area (Å²) in [6.45, 7) is 6.50. The van der Waals surface area contributed by atoms with Gasteiger partial charge in [-0.05, 0) is 52.9 Å². The lowest BCUT2D eigenvalue weighted by Gasteiger charge is -2.31. The van der Waals surface area contributed by atoms with E-state index in [1.165, 1.54) is 4.90 Å². The van der Waals surface area contributed by atoms with Gasteiger partial charge in [-0.25, -0.2) is 9.59 Å². The molecule has 2 rings (SSSR count). The molecular weight excluding hydrogens is 394 g/mol. The first-order chi connectivity index (χ1) is 14.0. The van der Waals surface area contributed by atoms with Crippen molar-refractivity contribution in [1.29, 1.82) is 0 Å². The molecule has 2 saturated heterocycles. The molecule has 0 aromatic heterocycles. The van der Waals surface area contributed by atoms with Crippen LogP contribution in [0.3, 0.4) is 0 Å². The van der Waals surface area contributed by atoms with Crippen LogP contribution in [0.4, 0.5) is 4.79 Å². The molecule has 0 aromatic rings. The minimum Gasteiger partial charge on any atom is -0.480 e. The van der Waals surface area contributed by atoms with Crippen molar-refractivity contribution in [3.05, 3.63) is 0 Å². The second-order valence-corrected chi connectivity index (χ2v) is 8.94. The SMILES string of the molecule is CC[C@H](NC(=O)OC(C)(C)C)C(=O)N[C@@H]1C(=O)N2[C@@H](CC[C@@H]1CO)CC[C@H]2C(=O)O. The molecule has 2 heterocycles. The molecule has 5 atom stereocenters. The Labute approximate surface area is 176 Å².